The molecule has 1 aromatic heterocycles. The van der Waals surface area contributed by atoms with Gasteiger partial charge in [0.2, 0.25) is 5.89 Å². The van der Waals surface area contributed by atoms with Gasteiger partial charge >= 0.3 is 0 Å². The Morgan fingerprint density at radius 1 is 1.18 bits per heavy atom. The quantitative estimate of drug-likeness (QED) is 0.780. The van der Waals surface area contributed by atoms with Crippen LogP contribution >= 0.6 is 0 Å². The molecule has 0 spiro atoms. The summed E-state index contributed by atoms with van der Waals surface area (Å²) in [5.74, 6) is 2.25. The number of rotatable bonds is 2. The van der Waals surface area contributed by atoms with E-state index in [1.807, 2.05) is 0 Å². The van der Waals surface area contributed by atoms with E-state index >= 15 is 0 Å². The molecule has 0 N–H and O–H groups in total. The Morgan fingerprint density at radius 3 is 2.88 bits per heavy atom. The lowest BCUT2D eigenvalue weighted by Gasteiger charge is -2.13. The van der Waals surface area contributed by atoms with Gasteiger partial charge in [-0.3, -0.25) is 0 Å². The fraction of sp³-hybridized carbons (Fsp3) is 0.833. The highest BCUT2D eigenvalue weighted by Gasteiger charge is 2.44. The van der Waals surface area contributed by atoms with E-state index in [1.54, 1.807) is 0 Å². The number of nitrogens with zero attached hydrogens (tertiary/aromatic N) is 2. The first-order valence-corrected chi connectivity index (χ1v) is 6.47. The topological polar surface area (TPSA) is 57.4 Å². The summed E-state index contributed by atoms with van der Waals surface area (Å²) in [6, 6.07) is 0. The van der Waals surface area contributed by atoms with E-state index in [4.69, 9.17) is 14.0 Å². The first-order chi connectivity index (χ1) is 8.40. The molecule has 2 bridgehead atoms. The van der Waals surface area contributed by atoms with Gasteiger partial charge in [0.15, 0.2) is 5.82 Å². The molecular weight excluding hydrogens is 220 g/mol. The monoisotopic (exact) mass is 236 g/mol. The normalized spacial score (nSPS) is 40.2. The molecule has 17 heavy (non-hydrogen) atoms. The maximum Gasteiger partial charge on any atom is 0.232 e. The lowest BCUT2D eigenvalue weighted by molar-refractivity contribution is 0.0974. The summed E-state index contributed by atoms with van der Waals surface area (Å²) < 4.78 is 16.6. The van der Waals surface area contributed by atoms with Gasteiger partial charge < -0.3 is 14.0 Å². The molecule has 3 fully saturated rings. The van der Waals surface area contributed by atoms with E-state index in [9.17, 15) is 0 Å². The van der Waals surface area contributed by atoms with E-state index in [0.717, 1.165) is 44.2 Å². The van der Waals surface area contributed by atoms with Crippen molar-refractivity contribution in [3.8, 4) is 0 Å². The summed E-state index contributed by atoms with van der Waals surface area (Å²) in [5, 5.41) is 4.10. The summed E-state index contributed by atoms with van der Waals surface area (Å²) in [7, 11) is 0. The average Bonchev–Trinajstić information content (AvgIpc) is 3.12. The van der Waals surface area contributed by atoms with Crippen LogP contribution in [0.25, 0.3) is 0 Å². The molecule has 3 aliphatic rings. The van der Waals surface area contributed by atoms with E-state index in [0.29, 0.717) is 24.0 Å². The largest absolute Gasteiger partial charge is 0.381 e. The predicted octanol–water partition coefficient (Wildman–Crippen LogP) is 1.61. The Kier molecular flexibility index (Phi) is 2.23. The van der Waals surface area contributed by atoms with Gasteiger partial charge in [0.05, 0.1) is 24.7 Å². The molecule has 0 aliphatic carbocycles. The maximum absolute atomic E-state index is 5.82. The standard InChI is InChI=1S/C12H16N2O3/c1-2-10-9(5-8(1)16-10)12-13-11(14-17-12)7-3-4-15-6-7/h7-10H,1-6H2/t7-,8-,9+,10-/m1/s1. The van der Waals surface area contributed by atoms with Crippen LogP contribution in [0, 0.1) is 0 Å². The number of fused-ring (bicyclic) bond motifs is 2. The number of hydrogen-bond donors (Lipinski definition) is 0. The molecule has 0 unspecified atom stereocenters. The third kappa shape index (κ3) is 1.60. The smallest absolute Gasteiger partial charge is 0.232 e. The van der Waals surface area contributed by atoms with Gasteiger partial charge in [0.1, 0.15) is 0 Å². The minimum absolute atomic E-state index is 0.313. The molecule has 0 saturated carbocycles. The SMILES string of the molecule is C1C[C@@H](c2noc([C@H]3C[C@H]4CC[C@H]3O4)n2)CO1. The zero-order valence-electron chi connectivity index (χ0n) is 9.67. The minimum Gasteiger partial charge on any atom is -0.381 e. The van der Waals surface area contributed by atoms with E-state index < -0.39 is 0 Å². The Morgan fingerprint density at radius 2 is 2.18 bits per heavy atom. The molecule has 0 radical (unpaired) electrons. The molecule has 0 aromatic carbocycles. The third-order valence-corrected chi connectivity index (χ3v) is 4.18. The zero-order chi connectivity index (χ0) is 11.2. The number of ether oxygens (including phenoxy) is 2. The van der Waals surface area contributed by atoms with Gasteiger partial charge in [-0.1, -0.05) is 5.16 Å². The van der Waals surface area contributed by atoms with Crippen molar-refractivity contribution >= 4 is 0 Å². The highest BCUT2D eigenvalue weighted by Crippen LogP contribution is 2.44. The van der Waals surface area contributed by atoms with Gasteiger partial charge in [-0.05, 0) is 25.7 Å². The van der Waals surface area contributed by atoms with Gasteiger partial charge in [-0.15, -0.1) is 0 Å². The van der Waals surface area contributed by atoms with Crippen LogP contribution in [-0.2, 0) is 9.47 Å². The highest BCUT2D eigenvalue weighted by atomic mass is 16.5. The van der Waals surface area contributed by atoms with Crippen LogP contribution in [0.15, 0.2) is 4.52 Å². The van der Waals surface area contributed by atoms with Crippen molar-refractivity contribution < 1.29 is 14.0 Å². The maximum atomic E-state index is 5.82. The van der Waals surface area contributed by atoms with Crippen LogP contribution in [0.5, 0.6) is 0 Å². The summed E-state index contributed by atoms with van der Waals surface area (Å²) in [6.45, 7) is 1.54. The minimum atomic E-state index is 0.313. The van der Waals surface area contributed by atoms with Crippen LogP contribution in [-0.4, -0.2) is 35.6 Å². The van der Waals surface area contributed by atoms with Crippen LogP contribution < -0.4 is 0 Å². The van der Waals surface area contributed by atoms with Crippen molar-refractivity contribution in [2.75, 3.05) is 13.2 Å². The molecule has 3 saturated heterocycles. The summed E-state index contributed by atoms with van der Waals surface area (Å²) in [6.07, 6.45) is 5.13. The van der Waals surface area contributed by atoms with Gasteiger partial charge in [0.25, 0.3) is 0 Å². The van der Waals surface area contributed by atoms with Gasteiger partial charge in [0, 0.05) is 12.5 Å². The van der Waals surface area contributed by atoms with E-state index in [-0.39, 0.29) is 0 Å². The molecule has 0 amide bonds. The molecule has 92 valence electrons. The highest BCUT2D eigenvalue weighted by molar-refractivity contribution is 5.07. The molecule has 4 rings (SSSR count). The van der Waals surface area contributed by atoms with Crippen molar-refractivity contribution in [3.63, 3.8) is 0 Å². The molecule has 4 atom stereocenters. The lowest BCUT2D eigenvalue weighted by atomic mass is 9.89. The second-order valence-electron chi connectivity index (χ2n) is 5.27. The Labute approximate surface area is 99.5 Å². The summed E-state index contributed by atoms with van der Waals surface area (Å²) in [4.78, 5) is 4.56. The van der Waals surface area contributed by atoms with Gasteiger partial charge in [-0.2, -0.15) is 4.98 Å². The van der Waals surface area contributed by atoms with Crippen LogP contribution in [0.4, 0.5) is 0 Å². The number of aromatic nitrogens is 2. The fourth-order valence-corrected chi connectivity index (χ4v) is 3.20. The predicted molar refractivity (Wildman–Crippen MR) is 57.7 cm³/mol. The molecule has 5 heteroatoms. The van der Waals surface area contributed by atoms with Crippen LogP contribution in [0.2, 0.25) is 0 Å². The van der Waals surface area contributed by atoms with Crippen molar-refractivity contribution in [2.24, 2.45) is 0 Å². The van der Waals surface area contributed by atoms with Crippen molar-refractivity contribution in [1.29, 1.82) is 0 Å². The molecular formula is C12H16N2O3. The van der Waals surface area contributed by atoms with E-state index in [2.05, 4.69) is 10.1 Å². The number of hydrogen-bond acceptors (Lipinski definition) is 5. The molecule has 4 heterocycles. The zero-order valence-corrected chi connectivity index (χ0v) is 9.67. The van der Waals surface area contributed by atoms with Crippen LogP contribution in [0.1, 0.15) is 49.2 Å². The van der Waals surface area contributed by atoms with Crippen molar-refractivity contribution in [1.82, 2.24) is 10.1 Å². The Bertz CT molecular complexity index is 414. The van der Waals surface area contributed by atoms with Crippen molar-refractivity contribution in [2.45, 2.75) is 49.7 Å². The van der Waals surface area contributed by atoms with Gasteiger partial charge in [-0.25, -0.2) is 0 Å². The fourth-order valence-electron chi connectivity index (χ4n) is 3.20. The van der Waals surface area contributed by atoms with Crippen LogP contribution in [0.3, 0.4) is 0 Å². The summed E-state index contributed by atoms with van der Waals surface area (Å²) >= 11 is 0. The second-order valence-corrected chi connectivity index (χ2v) is 5.27. The first kappa shape index (κ1) is 10.0. The second kappa shape index (κ2) is 3.78. The average molecular weight is 236 g/mol. The van der Waals surface area contributed by atoms with E-state index in [1.165, 1.54) is 6.42 Å². The van der Waals surface area contributed by atoms with Crippen molar-refractivity contribution in [3.05, 3.63) is 11.7 Å². The molecule has 1 aromatic rings. The summed E-state index contributed by atoms with van der Waals surface area (Å²) in [5.41, 5.74) is 0. The Hall–Kier alpha value is -0.940. The molecule has 5 nitrogen and oxygen atoms in total. The first-order valence-electron chi connectivity index (χ1n) is 6.47. The Balaban J connectivity index is 1.54. The lowest BCUT2D eigenvalue weighted by Crippen LogP contribution is -2.14. The third-order valence-electron chi connectivity index (χ3n) is 4.18. The molecule has 3 aliphatic heterocycles.